The lowest BCUT2D eigenvalue weighted by Crippen LogP contribution is -2.37. The van der Waals surface area contributed by atoms with E-state index in [1.165, 1.54) is 0 Å². The van der Waals surface area contributed by atoms with Gasteiger partial charge in [-0.1, -0.05) is 12.1 Å². The second-order valence-corrected chi connectivity index (χ2v) is 7.86. The molecule has 0 atom stereocenters. The van der Waals surface area contributed by atoms with Gasteiger partial charge in [0.05, 0.1) is 12.8 Å². The van der Waals surface area contributed by atoms with Crippen molar-refractivity contribution in [3.8, 4) is 11.3 Å². The Bertz CT molecular complexity index is 1010. The maximum Gasteiger partial charge on any atom is 0.228 e. The van der Waals surface area contributed by atoms with Gasteiger partial charge in [-0.25, -0.2) is 9.97 Å². The number of hydrogen-bond donors (Lipinski definition) is 2. The lowest BCUT2D eigenvalue weighted by atomic mass is 9.85. The van der Waals surface area contributed by atoms with Crippen molar-refractivity contribution in [2.24, 2.45) is 5.92 Å². The maximum absolute atomic E-state index is 12.7. The second-order valence-electron chi connectivity index (χ2n) is 7.86. The standard InChI is InChI=1S/C23H28N4O3/c1-15-25-14-21(30-15)17-3-4-18-13-26-22(12-19(18)11-17)27-23(28)16-5-7-20(8-6-16)24-9-10-29-2/h3-4,11-14,16,20,24H,5-10H2,1-2H3,(H,26,27,28)/t16-,20-. The number of carbonyl (C=O) groups is 1. The van der Waals surface area contributed by atoms with Gasteiger partial charge in [-0.3, -0.25) is 4.79 Å². The van der Waals surface area contributed by atoms with Crippen LogP contribution in [0.1, 0.15) is 31.6 Å². The molecular formula is C23H28N4O3. The molecule has 4 rings (SSSR count). The number of amides is 1. The summed E-state index contributed by atoms with van der Waals surface area (Å²) in [5.74, 6) is 2.04. The molecule has 7 nitrogen and oxygen atoms in total. The number of aromatic nitrogens is 2. The minimum Gasteiger partial charge on any atom is -0.441 e. The number of benzene rings is 1. The van der Waals surface area contributed by atoms with Crippen LogP contribution in [0.4, 0.5) is 5.82 Å². The third kappa shape index (κ3) is 4.86. The van der Waals surface area contributed by atoms with Crippen LogP contribution in [0.5, 0.6) is 0 Å². The molecule has 1 amide bonds. The topological polar surface area (TPSA) is 89.3 Å². The van der Waals surface area contributed by atoms with Gasteiger partial charge < -0.3 is 19.8 Å². The fourth-order valence-corrected chi connectivity index (χ4v) is 4.01. The number of aryl methyl sites for hydroxylation is 1. The van der Waals surface area contributed by atoms with Crippen molar-refractivity contribution in [2.75, 3.05) is 25.6 Å². The van der Waals surface area contributed by atoms with E-state index in [0.717, 1.165) is 54.3 Å². The highest BCUT2D eigenvalue weighted by Gasteiger charge is 2.26. The summed E-state index contributed by atoms with van der Waals surface area (Å²) < 4.78 is 10.7. The number of pyridine rings is 1. The highest BCUT2D eigenvalue weighted by molar-refractivity contribution is 5.94. The maximum atomic E-state index is 12.7. The number of ether oxygens (including phenoxy) is 1. The Morgan fingerprint density at radius 1 is 1.13 bits per heavy atom. The molecule has 1 aromatic carbocycles. The van der Waals surface area contributed by atoms with Crippen molar-refractivity contribution >= 4 is 22.5 Å². The van der Waals surface area contributed by atoms with Gasteiger partial charge >= 0.3 is 0 Å². The summed E-state index contributed by atoms with van der Waals surface area (Å²) in [6.45, 7) is 3.39. The van der Waals surface area contributed by atoms with Crippen molar-refractivity contribution in [2.45, 2.75) is 38.6 Å². The van der Waals surface area contributed by atoms with Crippen molar-refractivity contribution < 1.29 is 13.9 Å². The van der Waals surface area contributed by atoms with Gasteiger partial charge in [0.25, 0.3) is 0 Å². The van der Waals surface area contributed by atoms with Crippen LogP contribution in [0.2, 0.25) is 0 Å². The van der Waals surface area contributed by atoms with E-state index in [1.807, 2.05) is 31.2 Å². The summed E-state index contributed by atoms with van der Waals surface area (Å²) in [4.78, 5) is 21.3. The van der Waals surface area contributed by atoms with Crippen molar-refractivity contribution in [1.29, 1.82) is 0 Å². The monoisotopic (exact) mass is 408 g/mol. The number of rotatable bonds is 7. The van der Waals surface area contributed by atoms with Gasteiger partial charge in [0.15, 0.2) is 11.7 Å². The lowest BCUT2D eigenvalue weighted by molar-refractivity contribution is -0.120. The Labute approximate surface area is 176 Å². The van der Waals surface area contributed by atoms with E-state index in [9.17, 15) is 4.79 Å². The molecule has 1 aliphatic rings. The van der Waals surface area contributed by atoms with Crippen molar-refractivity contribution in [1.82, 2.24) is 15.3 Å². The molecule has 1 aliphatic carbocycles. The number of methoxy groups -OCH3 is 1. The minimum absolute atomic E-state index is 0.0338. The smallest absolute Gasteiger partial charge is 0.228 e. The van der Waals surface area contributed by atoms with Crippen LogP contribution >= 0.6 is 0 Å². The first kappa shape index (κ1) is 20.5. The van der Waals surface area contributed by atoms with E-state index in [2.05, 4.69) is 20.6 Å². The van der Waals surface area contributed by atoms with Gasteiger partial charge in [0, 0.05) is 49.7 Å². The highest BCUT2D eigenvalue weighted by atomic mass is 16.5. The van der Waals surface area contributed by atoms with E-state index in [4.69, 9.17) is 9.15 Å². The molecule has 3 aromatic rings. The minimum atomic E-state index is 0.0338. The fourth-order valence-electron chi connectivity index (χ4n) is 4.01. The van der Waals surface area contributed by atoms with Gasteiger partial charge in [-0.05, 0) is 43.2 Å². The van der Waals surface area contributed by atoms with Crippen LogP contribution in [0.25, 0.3) is 22.1 Å². The molecule has 2 aromatic heterocycles. The highest BCUT2D eigenvalue weighted by Crippen LogP contribution is 2.28. The molecule has 2 N–H and O–H groups in total. The summed E-state index contributed by atoms with van der Waals surface area (Å²) >= 11 is 0. The Morgan fingerprint density at radius 2 is 1.97 bits per heavy atom. The van der Waals surface area contributed by atoms with Gasteiger partial charge in [-0.15, -0.1) is 0 Å². The van der Waals surface area contributed by atoms with Crippen molar-refractivity contribution in [3.63, 3.8) is 0 Å². The quantitative estimate of drug-likeness (QED) is 0.576. The molecule has 30 heavy (non-hydrogen) atoms. The molecule has 2 heterocycles. The average Bonchev–Trinajstić information content (AvgIpc) is 3.20. The fraction of sp³-hybridized carbons (Fsp3) is 0.435. The van der Waals surface area contributed by atoms with E-state index in [-0.39, 0.29) is 11.8 Å². The largest absolute Gasteiger partial charge is 0.441 e. The predicted molar refractivity (Wildman–Crippen MR) is 116 cm³/mol. The summed E-state index contributed by atoms with van der Waals surface area (Å²) in [6.07, 6.45) is 7.30. The zero-order valence-electron chi connectivity index (χ0n) is 17.5. The Balaban J connectivity index is 1.39. The van der Waals surface area contributed by atoms with Crippen LogP contribution in [-0.2, 0) is 9.53 Å². The first-order valence-electron chi connectivity index (χ1n) is 10.5. The molecule has 0 spiro atoms. The van der Waals surface area contributed by atoms with Crippen LogP contribution in [0, 0.1) is 12.8 Å². The number of fused-ring (bicyclic) bond motifs is 1. The molecule has 0 aliphatic heterocycles. The Morgan fingerprint density at radius 3 is 2.70 bits per heavy atom. The molecule has 1 saturated carbocycles. The van der Waals surface area contributed by atoms with Crippen LogP contribution in [0.3, 0.4) is 0 Å². The van der Waals surface area contributed by atoms with E-state index < -0.39 is 0 Å². The predicted octanol–water partition coefficient (Wildman–Crippen LogP) is 3.93. The summed E-state index contributed by atoms with van der Waals surface area (Å²) in [6, 6.07) is 8.41. The number of anilines is 1. The lowest BCUT2D eigenvalue weighted by Gasteiger charge is -2.28. The van der Waals surface area contributed by atoms with E-state index in [1.54, 1.807) is 19.5 Å². The molecule has 0 bridgehead atoms. The normalized spacial score (nSPS) is 19.1. The SMILES string of the molecule is COCCN[C@H]1CC[C@H](C(=O)Nc2cc3cc(-c4cnc(C)o4)ccc3cn2)CC1. The van der Waals surface area contributed by atoms with Crippen LogP contribution in [0.15, 0.2) is 41.1 Å². The van der Waals surface area contributed by atoms with Crippen LogP contribution < -0.4 is 10.6 Å². The molecule has 0 radical (unpaired) electrons. The van der Waals surface area contributed by atoms with Gasteiger partial charge in [0.2, 0.25) is 5.91 Å². The van der Waals surface area contributed by atoms with Gasteiger partial charge in [-0.2, -0.15) is 0 Å². The first-order valence-corrected chi connectivity index (χ1v) is 10.5. The number of nitrogens with zero attached hydrogens (tertiary/aromatic N) is 2. The third-order valence-corrected chi connectivity index (χ3v) is 5.72. The van der Waals surface area contributed by atoms with E-state index in [0.29, 0.717) is 24.4 Å². The Hall–Kier alpha value is -2.77. The average molecular weight is 409 g/mol. The third-order valence-electron chi connectivity index (χ3n) is 5.72. The number of oxazole rings is 1. The molecule has 1 fully saturated rings. The molecular weight excluding hydrogens is 380 g/mol. The first-order chi connectivity index (χ1) is 14.6. The summed E-state index contributed by atoms with van der Waals surface area (Å²) in [5.41, 5.74) is 0.950. The molecule has 158 valence electrons. The zero-order chi connectivity index (χ0) is 20.9. The van der Waals surface area contributed by atoms with Gasteiger partial charge in [0.1, 0.15) is 5.82 Å². The van der Waals surface area contributed by atoms with Crippen LogP contribution in [-0.4, -0.2) is 42.2 Å². The zero-order valence-corrected chi connectivity index (χ0v) is 17.5. The number of carbonyl (C=O) groups excluding carboxylic acids is 1. The summed E-state index contributed by atoms with van der Waals surface area (Å²) in [7, 11) is 1.71. The molecule has 0 saturated heterocycles. The number of hydrogen-bond acceptors (Lipinski definition) is 6. The summed E-state index contributed by atoms with van der Waals surface area (Å²) in [5, 5.41) is 8.51. The number of nitrogens with one attached hydrogen (secondary N) is 2. The second kappa shape index (κ2) is 9.36. The molecule has 7 heteroatoms. The molecule has 0 unspecified atom stereocenters. The van der Waals surface area contributed by atoms with E-state index >= 15 is 0 Å². The van der Waals surface area contributed by atoms with Crippen molar-refractivity contribution in [3.05, 3.63) is 42.5 Å². The Kier molecular flexibility index (Phi) is 6.40.